The third-order valence-electron chi connectivity index (χ3n) is 3.74. The highest BCUT2D eigenvalue weighted by Gasteiger charge is 2.29. The Morgan fingerprint density at radius 2 is 1.57 bits per heavy atom. The van der Waals surface area contributed by atoms with Crippen molar-refractivity contribution in [2.24, 2.45) is 0 Å². The van der Waals surface area contributed by atoms with Crippen LogP contribution in [0.4, 0.5) is 0 Å². The summed E-state index contributed by atoms with van der Waals surface area (Å²) in [6, 6.07) is 18.5. The van der Waals surface area contributed by atoms with Gasteiger partial charge in [-0.1, -0.05) is 67.6 Å². The number of carbonyl (C=O) groups excluding carboxylic acids is 2. The number of carbonyl (C=O) groups is 2. The van der Waals surface area contributed by atoms with Crippen LogP contribution in [-0.4, -0.2) is 23.8 Å². The van der Waals surface area contributed by atoms with Crippen LogP contribution in [-0.2, 0) is 16.1 Å². The Labute approximate surface area is 137 Å². The van der Waals surface area contributed by atoms with Crippen molar-refractivity contribution in [3.05, 3.63) is 71.8 Å². The van der Waals surface area contributed by atoms with E-state index in [1.807, 2.05) is 67.6 Å². The van der Waals surface area contributed by atoms with Gasteiger partial charge in [-0.2, -0.15) is 0 Å². The molecule has 0 aliphatic rings. The summed E-state index contributed by atoms with van der Waals surface area (Å²) in [6.45, 7) is 2.22. The van der Waals surface area contributed by atoms with Crippen LogP contribution in [0, 0.1) is 0 Å². The number of amides is 2. The molecule has 1 N–H and O–H groups in total. The predicted octanol–water partition coefficient (Wildman–Crippen LogP) is 2.91. The standard InChI is InChI=1S/C19H22N2O2/c1-3-17(22)21(14-15-10-6-4-7-11-15)18(19(23)20-2)16-12-8-5-9-13-16/h4-13,18H,3,14H2,1-2H3,(H,20,23). The van der Waals surface area contributed by atoms with Crippen molar-refractivity contribution >= 4 is 11.8 Å². The van der Waals surface area contributed by atoms with Gasteiger partial charge >= 0.3 is 0 Å². The highest BCUT2D eigenvalue weighted by molar-refractivity contribution is 5.88. The van der Waals surface area contributed by atoms with Crippen LogP contribution >= 0.6 is 0 Å². The molecule has 0 aromatic heterocycles. The number of benzene rings is 2. The maximum absolute atomic E-state index is 12.5. The van der Waals surface area contributed by atoms with Crippen LogP contribution in [0.25, 0.3) is 0 Å². The molecule has 4 nitrogen and oxygen atoms in total. The first-order valence-electron chi connectivity index (χ1n) is 7.77. The second-order valence-corrected chi connectivity index (χ2v) is 5.29. The van der Waals surface area contributed by atoms with Crippen LogP contribution in [0.1, 0.15) is 30.5 Å². The summed E-state index contributed by atoms with van der Waals surface area (Å²) < 4.78 is 0. The molecule has 1 atom stereocenters. The van der Waals surface area contributed by atoms with Crippen molar-refractivity contribution in [2.75, 3.05) is 7.05 Å². The van der Waals surface area contributed by atoms with Gasteiger partial charge in [0.1, 0.15) is 6.04 Å². The lowest BCUT2D eigenvalue weighted by molar-refractivity contribution is -0.141. The Bertz CT molecular complexity index is 641. The molecule has 0 aliphatic heterocycles. The maximum atomic E-state index is 12.5. The molecular formula is C19H22N2O2. The molecule has 0 bridgehead atoms. The molecule has 0 fully saturated rings. The summed E-state index contributed by atoms with van der Waals surface area (Å²) in [6.07, 6.45) is 0.354. The Morgan fingerprint density at radius 3 is 2.09 bits per heavy atom. The van der Waals surface area contributed by atoms with Gasteiger partial charge in [0.2, 0.25) is 11.8 Å². The lowest BCUT2D eigenvalue weighted by Crippen LogP contribution is -2.42. The molecular weight excluding hydrogens is 288 g/mol. The van der Waals surface area contributed by atoms with Gasteiger partial charge in [0, 0.05) is 20.0 Å². The summed E-state index contributed by atoms with van der Waals surface area (Å²) in [4.78, 5) is 26.6. The van der Waals surface area contributed by atoms with Gasteiger partial charge in [0.25, 0.3) is 0 Å². The van der Waals surface area contributed by atoms with Gasteiger partial charge in [-0.3, -0.25) is 9.59 Å². The first-order chi connectivity index (χ1) is 11.2. The van der Waals surface area contributed by atoms with Gasteiger partial charge in [-0.05, 0) is 11.1 Å². The average molecular weight is 310 g/mol. The van der Waals surface area contributed by atoms with Crippen LogP contribution in [0.3, 0.4) is 0 Å². The second-order valence-electron chi connectivity index (χ2n) is 5.29. The molecule has 0 heterocycles. The molecule has 1 unspecified atom stereocenters. The van der Waals surface area contributed by atoms with Gasteiger partial charge in [0.05, 0.1) is 0 Å². The maximum Gasteiger partial charge on any atom is 0.247 e. The Kier molecular flexibility index (Phi) is 5.92. The van der Waals surface area contributed by atoms with E-state index in [1.54, 1.807) is 11.9 Å². The van der Waals surface area contributed by atoms with E-state index in [0.717, 1.165) is 11.1 Å². The number of rotatable bonds is 6. The molecule has 0 aliphatic carbocycles. The zero-order valence-corrected chi connectivity index (χ0v) is 13.5. The summed E-state index contributed by atoms with van der Waals surface area (Å²) in [5.41, 5.74) is 1.81. The van der Waals surface area contributed by atoms with Crippen LogP contribution < -0.4 is 5.32 Å². The lowest BCUT2D eigenvalue weighted by Gasteiger charge is -2.31. The largest absolute Gasteiger partial charge is 0.357 e. The van der Waals surface area contributed by atoms with Crippen molar-refractivity contribution in [3.63, 3.8) is 0 Å². The molecule has 0 radical (unpaired) electrons. The Balaban J connectivity index is 2.40. The molecule has 0 spiro atoms. The molecule has 0 saturated heterocycles. The second kappa shape index (κ2) is 8.13. The number of nitrogens with zero attached hydrogens (tertiary/aromatic N) is 1. The van der Waals surface area contributed by atoms with E-state index in [9.17, 15) is 9.59 Å². The van der Waals surface area contributed by atoms with E-state index in [-0.39, 0.29) is 11.8 Å². The fourth-order valence-corrected chi connectivity index (χ4v) is 2.55. The molecule has 2 amide bonds. The van der Waals surface area contributed by atoms with Crippen molar-refractivity contribution in [1.29, 1.82) is 0 Å². The lowest BCUT2D eigenvalue weighted by atomic mass is 10.0. The molecule has 120 valence electrons. The van der Waals surface area contributed by atoms with Crippen LogP contribution in [0.2, 0.25) is 0 Å². The molecule has 2 rings (SSSR count). The molecule has 23 heavy (non-hydrogen) atoms. The van der Waals surface area contributed by atoms with Crippen molar-refractivity contribution in [1.82, 2.24) is 10.2 Å². The van der Waals surface area contributed by atoms with Gasteiger partial charge < -0.3 is 10.2 Å². The highest BCUT2D eigenvalue weighted by Crippen LogP contribution is 2.24. The molecule has 2 aromatic rings. The van der Waals surface area contributed by atoms with E-state index < -0.39 is 6.04 Å². The van der Waals surface area contributed by atoms with E-state index in [2.05, 4.69) is 5.32 Å². The third kappa shape index (κ3) is 4.19. The summed E-state index contributed by atoms with van der Waals surface area (Å²) >= 11 is 0. The fourth-order valence-electron chi connectivity index (χ4n) is 2.55. The Hall–Kier alpha value is -2.62. The monoisotopic (exact) mass is 310 g/mol. The summed E-state index contributed by atoms with van der Waals surface area (Å²) in [5, 5.41) is 2.68. The SMILES string of the molecule is CCC(=O)N(Cc1ccccc1)C(C(=O)NC)c1ccccc1. The van der Waals surface area contributed by atoms with Crippen LogP contribution in [0.5, 0.6) is 0 Å². The third-order valence-corrected chi connectivity index (χ3v) is 3.74. The highest BCUT2D eigenvalue weighted by atomic mass is 16.2. The van der Waals surface area contributed by atoms with Crippen molar-refractivity contribution in [3.8, 4) is 0 Å². The molecule has 2 aromatic carbocycles. The normalized spacial score (nSPS) is 11.6. The molecule has 0 saturated carbocycles. The zero-order valence-electron chi connectivity index (χ0n) is 13.5. The van der Waals surface area contributed by atoms with Crippen molar-refractivity contribution < 1.29 is 9.59 Å². The zero-order chi connectivity index (χ0) is 16.7. The minimum atomic E-state index is -0.631. The van der Waals surface area contributed by atoms with Crippen molar-refractivity contribution in [2.45, 2.75) is 25.9 Å². The summed E-state index contributed by atoms with van der Waals surface area (Å²) in [7, 11) is 1.59. The van der Waals surface area contributed by atoms with E-state index in [4.69, 9.17) is 0 Å². The molecule has 4 heteroatoms. The summed E-state index contributed by atoms with van der Waals surface area (Å²) in [5.74, 6) is -0.236. The van der Waals surface area contributed by atoms with Gasteiger partial charge in [-0.25, -0.2) is 0 Å². The fraction of sp³-hybridized carbons (Fsp3) is 0.263. The predicted molar refractivity (Wildman–Crippen MR) is 90.5 cm³/mol. The number of nitrogens with one attached hydrogen (secondary N) is 1. The quantitative estimate of drug-likeness (QED) is 0.892. The minimum absolute atomic E-state index is 0.0497. The minimum Gasteiger partial charge on any atom is -0.357 e. The van der Waals surface area contributed by atoms with Crippen LogP contribution in [0.15, 0.2) is 60.7 Å². The average Bonchev–Trinajstić information content (AvgIpc) is 2.62. The first kappa shape index (κ1) is 16.7. The van der Waals surface area contributed by atoms with Gasteiger partial charge in [-0.15, -0.1) is 0 Å². The smallest absolute Gasteiger partial charge is 0.247 e. The van der Waals surface area contributed by atoms with E-state index >= 15 is 0 Å². The number of likely N-dealkylation sites (N-methyl/N-ethyl adjacent to an activating group) is 1. The topological polar surface area (TPSA) is 49.4 Å². The Morgan fingerprint density at radius 1 is 1.00 bits per heavy atom. The number of hydrogen-bond donors (Lipinski definition) is 1. The van der Waals surface area contributed by atoms with Gasteiger partial charge in [0.15, 0.2) is 0 Å². The first-order valence-corrected chi connectivity index (χ1v) is 7.77. The van der Waals surface area contributed by atoms with E-state index in [1.165, 1.54) is 0 Å². The number of hydrogen-bond acceptors (Lipinski definition) is 2. The van der Waals surface area contributed by atoms with E-state index in [0.29, 0.717) is 13.0 Å².